The van der Waals surface area contributed by atoms with Gasteiger partial charge in [0.1, 0.15) is 5.75 Å². The van der Waals surface area contributed by atoms with Crippen LogP contribution in [-0.2, 0) is 11.3 Å². The van der Waals surface area contributed by atoms with E-state index in [0.29, 0.717) is 5.56 Å². The van der Waals surface area contributed by atoms with Crippen molar-refractivity contribution in [2.24, 2.45) is 4.99 Å². The zero-order valence-electron chi connectivity index (χ0n) is 14.8. The number of benzene rings is 2. The quantitative estimate of drug-likeness (QED) is 0.307. The van der Waals surface area contributed by atoms with E-state index in [-0.39, 0.29) is 33.8 Å². The molecule has 29 heavy (non-hydrogen) atoms. The number of hydrogen-bond acceptors (Lipinski definition) is 3. The molecule has 2 amide bonds. The van der Waals surface area contributed by atoms with E-state index in [1.807, 2.05) is 0 Å². The molecule has 2 rings (SSSR count). The molecule has 0 aliphatic carbocycles. The van der Waals surface area contributed by atoms with Crippen LogP contribution in [-0.4, -0.2) is 30.0 Å². The van der Waals surface area contributed by atoms with E-state index in [2.05, 4.69) is 15.0 Å². The van der Waals surface area contributed by atoms with Crippen LogP contribution >= 0.6 is 46.4 Å². The fourth-order valence-electron chi connectivity index (χ4n) is 2.09. The molecule has 0 fully saturated rings. The molecule has 0 aliphatic rings. The number of aliphatic imine (C=N–C) groups is 1. The maximum absolute atomic E-state index is 13.3. The van der Waals surface area contributed by atoms with Crippen LogP contribution in [0.1, 0.15) is 11.1 Å². The highest BCUT2D eigenvalue weighted by Gasteiger charge is 2.40. The van der Waals surface area contributed by atoms with Gasteiger partial charge in [-0.05, 0) is 29.8 Å². The highest BCUT2D eigenvalue weighted by atomic mass is 35.5. The highest BCUT2D eigenvalue weighted by Crippen LogP contribution is 2.30. The summed E-state index contributed by atoms with van der Waals surface area (Å²) in [6.45, 7) is 0.0693. The van der Waals surface area contributed by atoms with Crippen molar-refractivity contribution in [1.82, 2.24) is 5.32 Å². The van der Waals surface area contributed by atoms with Crippen molar-refractivity contribution >= 4 is 58.3 Å². The lowest BCUT2D eigenvalue weighted by atomic mass is 10.2. The lowest BCUT2D eigenvalue weighted by molar-refractivity contribution is -0.163. The second kappa shape index (κ2) is 10.3. The molecule has 2 aromatic carbocycles. The average Bonchev–Trinajstić information content (AvgIpc) is 2.66. The van der Waals surface area contributed by atoms with Crippen molar-refractivity contribution in [3.05, 3.63) is 63.6 Å². The summed E-state index contributed by atoms with van der Waals surface area (Å²) >= 11 is 22.5. The molecular formula is C18H14Cl4F2N2O3. The number of ether oxygens (including phenoxy) is 2. The Balaban J connectivity index is 2.02. The van der Waals surface area contributed by atoms with Crippen LogP contribution in [0.5, 0.6) is 5.75 Å². The predicted octanol–water partition coefficient (Wildman–Crippen LogP) is 6.07. The van der Waals surface area contributed by atoms with Gasteiger partial charge in [-0.15, -0.1) is 0 Å². The molecule has 2 aromatic rings. The molecule has 5 nitrogen and oxygen atoms in total. The second-order valence-electron chi connectivity index (χ2n) is 5.48. The van der Waals surface area contributed by atoms with E-state index in [1.165, 1.54) is 31.4 Å². The zero-order valence-corrected chi connectivity index (χ0v) is 17.8. The summed E-state index contributed by atoms with van der Waals surface area (Å²) in [5.74, 6) is -0.190. The number of halogens is 6. The van der Waals surface area contributed by atoms with Crippen LogP contribution in [0.25, 0.3) is 0 Å². The van der Waals surface area contributed by atoms with Crippen molar-refractivity contribution in [2.45, 2.75) is 17.5 Å². The zero-order chi connectivity index (χ0) is 21.6. The third kappa shape index (κ3) is 6.60. The SMILES string of the molecule is COC(=NC(=O)NCc1ccc(OC(F)(F)C(Cl)Cl)cc1)c1c(Cl)cccc1Cl. The monoisotopic (exact) mass is 484 g/mol. The number of methoxy groups -OCH3 is 1. The minimum absolute atomic E-state index is 0.0548. The van der Waals surface area contributed by atoms with E-state index in [1.54, 1.807) is 18.2 Å². The number of hydrogen-bond donors (Lipinski definition) is 1. The fourth-order valence-corrected chi connectivity index (χ4v) is 2.74. The number of carbonyl (C=O) groups is 1. The molecule has 0 saturated heterocycles. The lowest BCUT2D eigenvalue weighted by Gasteiger charge is -2.18. The van der Waals surface area contributed by atoms with Gasteiger partial charge in [-0.2, -0.15) is 13.8 Å². The largest absolute Gasteiger partial charge is 0.480 e. The fraction of sp³-hybridized carbons (Fsp3) is 0.222. The van der Waals surface area contributed by atoms with Crippen LogP contribution in [0.4, 0.5) is 13.6 Å². The summed E-state index contributed by atoms with van der Waals surface area (Å²) in [7, 11) is 1.33. The van der Waals surface area contributed by atoms with Crippen LogP contribution in [0, 0.1) is 0 Å². The van der Waals surface area contributed by atoms with Gasteiger partial charge in [0.05, 0.1) is 22.7 Å². The Labute approximate surface area is 185 Å². The van der Waals surface area contributed by atoms with Crippen LogP contribution in [0.3, 0.4) is 0 Å². The van der Waals surface area contributed by atoms with Gasteiger partial charge in [0, 0.05) is 6.54 Å². The summed E-state index contributed by atoms with van der Waals surface area (Å²) in [5, 5.41) is 3.08. The molecule has 11 heteroatoms. The van der Waals surface area contributed by atoms with E-state index in [4.69, 9.17) is 51.1 Å². The van der Waals surface area contributed by atoms with Gasteiger partial charge >= 0.3 is 12.1 Å². The Kier molecular flexibility index (Phi) is 8.34. The van der Waals surface area contributed by atoms with E-state index in [9.17, 15) is 13.6 Å². The maximum atomic E-state index is 13.3. The molecular weight excluding hydrogens is 472 g/mol. The highest BCUT2D eigenvalue weighted by molar-refractivity contribution is 6.44. The minimum atomic E-state index is -3.73. The molecule has 0 heterocycles. The molecule has 0 saturated carbocycles. The first kappa shape index (κ1) is 23.5. The number of nitrogens with one attached hydrogen (secondary N) is 1. The molecule has 0 aliphatic heterocycles. The molecule has 0 atom stereocenters. The minimum Gasteiger partial charge on any atom is -0.480 e. The van der Waals surface area contributed by atoms with Gasteiger partial charge in [0.25, 0.3) is 0 Å². The Hall–Kier alpha value is -1.80. The third-order valence-electron chi connectivity index (χ3n) is 3.45. The van der Waals surface area contributed by atoms with Gasteiger partial charge in [-0.1, -0.05) is 64.6 Å². The lowest BCUT2D eigenvalue weighted by Crippen LogP contribution is -2.32. The first-order chi connectivity index (χ1) is 13.6. The molecule has 0 unspecified atom stereocenters. The first-order valence-corrected chi connectivity index (χ1v) is 9.55. The Morgan fingerprint density at radius 3 is 2.24 bits per heavy atom. The van der Waals surface area contributed by atoms with Gasteiger partial charge in [-0.25, -0.2) is 4.79 Å². The number of rotatable bonds is 6. The second-order valence-corrected chi connectivity index (χ2v) is 7.40. The van der Waals surface area contributed by atoms with Crippen molar-refractivity contribution in [3.8, 4) is 5.75 Å². The summed E-state index contributed by atoms with van der Waals surface area (Å²) in [6.07, 6.45) is -3.73. The summed E-state index contributed by atoms with van der Waals surface area (Å²) < 4.78 is 36.2. The number of nitrogens with zero attached hydrogens (tertiary/aromatic N) is 1. The van der Waals surface area contributed by atoms with Gasteiger partial charge in [0.2, 0.25) is 10.7 Å². The molecule has 0 bridgehead atoms. The Morgan fingerprint density at radius 1 is 1.14 bits per heavy atom. The summed E-state index contributed by atoms with van der Waals surface area (Å²) in [5.41, 5.74) is 0.889. The number of amides is 2. The smallest absolute Gasteiger partial charge is 0.428 e. The van der Waals surface area contributed by atoms with Crippen molar-refractivity contribution < 1.29 is 23.0 Å². The normalized spacial score (nSPS) is 12.1. The molecule has 0 spiro atoms. The van der Waals surface area contributed by atoms with Gasteiger partial charge < -0.3 is 14.8 Å². The van der Waals surface area contributed by atoms with Crippen molar-refractivity contribution in [2.75, 3.05) is 7.11 Å². The van der Waals surface area contributed by atoms with Crippen LogP contribution in [0.2, 0.25) is 10.0 Å². The van der Waals surface area contributed by atoms with Crippen LogP contribution < -0.4 is 10.1 Å². The van der Waals surface area contributed by atoms with E-state index in [0.717, 1.165) is 0 Å². The molecule has 1 N–H and O–H groups in total. The summed E-state index contributed by atoms with van der Waals surface area (Å²) in [4.78, 5) is 13.9. The Bertz CT molecular complexity index is 873. The number of alkyl halides is 4. The number of urea groups is 1. The van der Waals surface area contributed by atoms with E-state index >= 15 is 0 Å². The predicted molar refractivity (Wildman–Crippen MR) is 110 cm³/mol. The van der Waals surface area contributed by atoms with E-state index < -0.39 is 17.0 Å². The van der Waals surface area contributed by atoms with Gasteiger partial charge in [0.15, 0.2) is 0 Å². The van der Waals surface area contributed by atoms with Crippen LogP contribution in [0.15, 0.2) is 47.5 Å². The summed E-state index contributed by atoms with van der Waals surface area (Å²) in [6, 6.07) is 9.64. The third-order valence-corrected chi connectivity index (χ3v) is 4.59. The van der Waals surface area contributed by atoms with Crippen molar-refractivity contribution in [1.29, 1.82) is 0 Å². The topological polar surface area (TPSA) is 59.9 Å². The van der Waals surface area contributed by atoms with Gasteiger partial charge in [-0.3, -0.25) is 0 Å². The number of carbonyl (C=O) groups excluding carboxylic acids is 1. The average molecular weight is 486 g/mol. The first-order valence-electron chi connectivity index (χ1n) is 7.93. The maximum Gasteiger partial charge on any atom is 0.428 e. The standard InChI is InChI=1S/C18H14Cl4F2N2O3/c1-28-15(14-12(19)3-2-4-13(14)20)26-17(27)25-9-10-5-7-11(8-6-10)29-18(23,24)16(21)22/h2-8,16H,9H2,1H3,(H,25,27). The Morgan fingerprint density at radius 2 is 1.72 bits per heavy atom. The molecule has 0 aromatic heterocycles. The molecule has 156 valence electrons. The molecule has 0 radical (unpaired) electrons. The van der Waals surface area contributed by atoms with Crippen molar-refractivity contribution in [3.63, 3.8) is 0 Å².